The highest BCUT2D eigenvalue weighted by atomic mass is 16.4. The van der Waals surface area contributed by atoms with Crippen molar-refractivity contribution in [2.75, 3.05) is 31.1 Å². The molecule has 0 aromatic heterocycles. The Kier molecular flexibility index (Phi) is 4.98. The lowest BCUT2D eigenvalue weighted by atomic mass is 9.99. The summed E-state index contributed by atoms with van der Waals surface area (Å²) in [7, 11) is 0. The Hall–Kier alpha value is -1.55. The van der Waals surface area contributed by atoms with Crippen molar-refractivity contribution in [2.45, 2.75) is 44.6 Å². The van der Waals surface area contributed by atoms with Crippen LogP contribution < -0.4 is 4.90 Å². The summed E-state index contributed by atoms with van der Waals surface area (Å²) in [4.78, 5) is 15.9. The normalized spacial score (nSPS) is 21.0. The molecule has 4 heteroatoms. The first-order valence-corrected chi connectivity index (χ1v) is 8.52. The fourth-order valence-corrected chi connectivity index (χ4v) is 3.77. The summed E-state index contributed by atoms with van der Waals surface area (Å²) in [5, 5.41) is 8.82. The minimum Gasteiger partial charge on any atom is -0.481 e. The van der Waals surface area contributed by atoms with Gasteiger partial charge in [-0.05, 0) is 56.5 Å². The molecule has 1 N–H and O–H groups in total. The summed E-state index contributed by atoms with van der Waals surface area (Å²) in [5.41, 5.74) is 2.10. The molecule has 3 rings (SSSR count). The van der Waals surface area contributed by atoms with Crippen molar-refractivity contribution in [3.05, 3.63) is 29.8 Å². The van der Waals surface area contributed by atoms with Gasteiger partial charge in [-0.2, -0.15) is 0 Å². The first-order chi connectivity index (χ1) is 10.7. The Morgan fingerprint density at radius 1 is 1.00 bits per heavy atom. The van der Waals surface area contributed by atoms with Crippen molar-refractivity contribution in [2.24, 2.45) is 0 Å². The van der Waals surface area contributed by atoms with Crippen LogP contribution in [0.25, 0.3) is 0 Å². The van der Waals surface area contributed by atoms with Gasteiger partial charge < -0.3 is 14.9 Å². The van der Waals surface area contributed by atoms with E-state index in [2.05, 4.69) is 21.9 Å². The number of nitrogens with zero attached hydrogens (tertiary/aromatic N) is 2. The predicted octanol–water partition coefficient (Wildman–Crippen LogP) is 2.77. The summed E-state index contributed by atoms with van der Waals surface area (Å²) in [6.07, 6.45) is 6.74. The van der Waals surface area contributed by atoms with E-state index in [0.717, 1.165) is 24.7 Å². The van der Waals surface area contributed by atoms with Crippen molar-refractivity contribution >= 4 is 11.7 Å². The minimum absolute atomic E-state index is 0.108. The van der Waals surface area contributed by atoms with Crippen LogP contribution in [0, 0.1) is 0 Å². The number of carbonyl (C=O) groups is 1. The Balaban J connectivity index is 1.53. The van der Waals surface area contributed by atoms with Gasteiger partial charge in [0.1, 0.15) is 0 Å². The molecule has 1 aromatic rings. The first-order valence-electron chi connectivity index (χ1n) is 8.52. The van der Waals surface area contributed by atoms with Gasteiger partial charge in [0.05, 0.1) is 6.42 Å². The number of piperidine rings is 2. The van der Waals surface area contributed by atoms with Crippen LogP contribution in [0.5, 0.6) is 0 Å². The lowest BCUT2D eigenvalue weighted by molar-refractivity contribution is -0.136. The van der Waals surface area contributed by atoms with Crippen LogP contribution in [-0.4, -0.2) is 48.2 Å². The maximum Gasteiger partial charge on any atom is 0.307 e. The van der Waals surface area contributed by atoms with E-state index in [-0.39, 0.29) is 6.42 Å². The number of anilines is 1. The molecule has 0 saturated carbocycles. The van der Waals surface area contributed by atoms with Crippen LogP contribution in [0.4, 0.5) is 5.69 Å². The Morgan fingerprint density at radius 2 is 1.64 bits per heavy atom. The van der Waals surface area contributed by atoms with E-state index in [1.165, 1.54) is 50.9 Å². The topological polar surface area (TPSA) is 43.8 Å². The summed E-state index contributed by atoms with van der Waals surface area (Å²) < 4.78 is 0. The number of carboxylic acids is 1. The Bertz CT molecular complexity index is 486. The fourth-order valence-electron chi connectivity index (χ4n) is 3.77. The molecule has 0 radical (unpaired) electrons. The van der Waals surface area contributed by atoms with Crippen LogP contribution in [0.2, 0.25) is 0 Å². The monoisotopic (exact) mass is 302 g/mol. The zero-order chi connectivity index (χ0) is 15.4. The zero-order valence-electron chi connectivity index (χ0n) is 13.2. The second-order valence-electron chi connectivity index (χ2n) is 6.55. The molecule has 2 aliphatic rings. The predicted molar refractivity (Wildman–Crippen MR) is 88.4 cm³/mol. The molecule has 4 nitrogen and oxygen atoms in total. The first kappa shape index (κ1) is 15.3. The quantitative estimate of drug-likeness (QED) is 0.929. The van der Waals surface area contributed by atoms with Crippen molar-refractivity contribution in [1.29, 1.82) is 0 Å². The molecule has 2 aliphatic heterocycles. The standard InChI is InChI=1S/C18H26N2O2/c21-18(22)14-15-4-6-16(7-5-15)20-12-8-17(9-13-20)19-10-2-1-3-11-19/h4-7,17H,1-3,8-14H2,(H,21,22). The summed E-state index contributed by atoms with van der Waals surface area (Å²) in [5.74, 6) is -0.768. The third kappa shape index (κ3) is 3.80. The number of carboxylic acid groups (broad SMARTS) is 1. The lowest BCUT2D eigenvalue weighted by Gasteiger charge is -2.41. The van der Waals surface area contributed by atoms with Crippen LogP contribution in [0.1, 0.15) is 37.7 Å². The van der Waals surface area contributed by atoms with Gasteiger partial charge in [0.25, 0.3) is 0 Å². The highest BCUT2D eigenvalue weighted by Gasteiger charge is 2.25. The highest BCUT2D eigenvalue weighted by Crippen LogP contribution is 2.25. The number of likely N-dealkylation sites (tertiary alicyclic amines) is 1. The van der Waals surface area contributed by atoms with Crippen LogP contribution in [-0.2, 0) is 11.2 Å². The van der Waals surface area contributed by atoms with Gasteiger partial charge in [-0.1, -0.05) is 18.6 Å². The summed E-state index contributed by atoms with van der Waals surface area (Å²) >= 11 is 0. The molecule has 2 saturated heterocycles. The number of hydrogen-bond donors (Lipinski definition) is 1. The number of rotatable bonds is 4. The summed E-state index contributed by atoms with van der Waals surface area (Å²) in [6, 6.07) is 8.79. The van der Waals surface area contributed by atoms with E-state index < -0.39 is 5.97 Å². The van der Waals surface area contributed by atoms with E-state index in [1.807, 2.05) is 12.1 Å². The highest BCUT2D eigenvalue weighted by molar-refractivity contribution is 5.70. The van der Waals surface area contributed by atoms with Crippen molar-refractivity contribution in [1.82, 2.24) is 4.90 Å². The zero-order valence-corrected chi connectivity index (χ0v) is 13.2. The van der Waals surface area contributed by atoms with Gasteiger partial charge in [-0.3, -0.25) is 4.79 Å². The lowest BCUT2D eigenvalue weighted by Crippen LogP contribution is -2.46. The molecule has 0 spiro atoms. The van der Waals surface area contributed by atoms with Gasteiger partial charge >= 0.3 is 5.97 Å². The molecule has 0 atom stereocenters. The number of benzene rings is 1. The molecule has 0 aliphatic carbocycles. The Morgan fingerprint density at radius 3 is 2.23 bits per heavy atom. The third-order valence-corrected chi connectivity index (χ3v) is 5.03. The maximum absolute atomic E-state index is 10.7. The maximum atomic E-state index is 10.7. The number of aliphatic carboxylic acids is 1. The summed E-state index contributed by atoms with van der Waals surface area (Å²) in [6.45, 7) is 4.79. The van der Waals surface area contributed by atoms with Crippen molar-refractivity contribution < 1.29 is 9.90 Å². The van der Waals surface area contributed by atoms with E-state index in [9.17, 15) is 4.79 Å². The molecular weight excluding hydrogens is 276 g/mol. The molecule has 120 valence electrons. The fraction of sp³-hybridized carbons (Fsp3) is 0.611. The molecular formula is C18H26N2O2. The molecule has 2 fully saturated rings. The van der Waals surface area contributed by atoms with Crippen LogP contribution in [0.15, 0.2) is 24.3 Å². The van der Waals surface area contributed by atoms with E-state index in [0.29, 0.717) is 0 Å². The van der Waals surface area contributed by atoms with E-state index >= 15 is 0 Å². The number of hydrogen-bond acceptors (Lipinski definition) is 3. The van der Waals surface area contributed by atoms with Gasteiger partial charge in [-0.15, -0.1) is 0 Å². The van der Waals surface area contributed by atoms with Gasteiger partial charge in [0.2, 0.25) is 0 Å². The minimum atomic E-state index is -0.768. The molecule has 22 heavy (non-hydrogen) atoms. The van der Waals surface area contributed by atoms with E-state index in [1.54, 1.807) is 0 Å². The second kappa shape index (κ2) is 7.14. The molecule has 0 unspecified atom stereocenters. The van der Waals surface area contributed by atoms with Gasteiger partial charge in [0, 0.05) is 24.8 Å². The average Bonchev–Trinajstić information content (AvgIpc) is 2.56. The molecule has 0 amide bonds. The van der Waals surface area contributed by atoms with Crippen LogP contribution in [0.3, 0.4) is 0 Å². The Labute approximate surface area is 132 Å². The largest absolute Gasteiger partial charge is 0.481 e. The molecule has 1 aromatic carbocycles. The van der Waals surface area contributed by atoms with Gasteiger partial charge in [-0.25, -0.2) is 0 Å². The molecule has 0 bridgehead atoms. The van der Waals surface area contributed by atoms with Crippen molar-refractivity contribution in [3.63, 3.8) is 0 Å². The average molecular weight is 302 g/mol. The van der Waals surface area contributed by atoms with E-state index in [4.69, 9.17) is 5.11 Å². The van der Waals surface area contributed by atoms with Gasteiger partial charge in [0.15, 0.2) is 0 Å². The smallest absolute Gasteiger partial charge is 0.307 e. The van der Waals surface area contributed by atoms with Crippen molar-refractivity contribution in [3.8, 4) is 0 Å². The third-order valence-electron chi connectivity index (χ3n) is 5.03. The molecule has 2 heterocycles. The SMILES string of the molecule is O=C(O)Cc1ccc(N2CCC(N3CCCCC3)CC2)cc1. The second-order valence-corrected chi connectivity index (χ2v) is 6.55. The van der Waals surface area contributed by atoms with Crippen LogP contribution >= 0.6 is 0 Å².